The van der Waals surface area contributed by atoms with Crippen molar-refractivity contribution in [2.75, 3.05) is 37.7 Å². The lowest BCUT2D eigenvalue weighted by molar-refractivity contribution is -0.126. The minimum absolute atomic E-state index is 0.0819. The lowest BCUT2D eigenvalue weighted by Gasteiger charge is -2.28. The highest BCUT2D eigenvalue weighted by Gasteiger charge is 2.42. The molecular formula is C26H33ClN6O2S. The van der Waals surface area contributed by atoms with Gasteiger partial charge in [0, 0.05) is 29.9 Å². The number of carbonyl (C=O) groups is 1. The van der Waals surface area contributed by atoms with Crippen molar-refractivity contribution in [3.05, 3.63) is 41.0 Å². The lowest BCUT2D eigenvalue weighted by Crippen LogP contribution is -2.43. The molecule has 1 amide bonds. The van der Waals surface area contributed by atoms with Gasteiger partial charge in [-0.05, 0) is 30.5 Å². The number of anilines is 1. The Balaban J connectivity index is 1.35. The van der Waals surface area contributed by atoms with E-state index in [1.54, 1.807) is 11.8 Å². The molecule has 1 N–H and O–H groups in total. The summed E-state index contributed by atoms with van der Waals surface area (Å²) in [5.41, 5.74) is 1.37. The van der Waals surface area contributed by atoms with Crippen LogP contribution in [-0.2, 0) is 21.5 Å². The molecule has 0 atom stereocenters. The summed E-state index contributed by atoms with van der Waals surface area (Å²) in [6.45, 7) is 8.27. The van der Waals surface area contributed by atoms with E-state index in [1.165, 1.54) is 0 Å². The van der Waals surface area contributed by atoms with E-state index in [0.717, 1.165) is 66.3 Å². The van der Waals surface area contributed by atoms with Crippen molar-refractivity contribution in [1.82, 2.24) is 25.1 Å². The van der Waals surface area contributed by atoms with Crippen molar-refractivity contribution in [3.8, 4) is 0 Å². The van der Waals surface area contributed by atoms with Crippen LogP contribution in [0.4, 0.5) is 5.82 Å². The van der Waals surface area contributed by atoms with Crippen LogP contribution in [0.15, 0.2) is 35.6 Å². The third kappa shape index (κ3) is 5.19. The molecule has 10 heteroatoms. The molecule has 0 unspecified atom stereocenters. The van der Waals surface area contributed by atoms with Gasteiger partial charge in [0.15, 0.2) is 10.8 Å². The number of benzene rings is 1. The monoisotopic (exact) mass is 528 g/mol. The SMILES string of the molecule is CC(C)Sc1nc(N2CCOCC2)c2cnn(CCNC(=O)C3(c4ccc(Cl)cc4)CCCC3)c2n1. The van der Waals surface area contributed by atoms with E-state index in [2.05, 4.69) is 29.2 Å². The molecule has 3 heterocycles. The van der Waals surface area contributed by atoms with Gasteiger partial charge in [-0.3, -0.25) is 4.79 Å². The Morgan fingerprint density at radius 2 is 1.89 bits per heavy atom. The number of hydrogen-bond acceptors (Lipinski definition) is 7. The second kappa shape index (κ2) is 10.9. The fourth-order valence-electron chi connectivity index (χ4n) is 5.20. The summed E-state index contributed by atoms with van der Waals surface area (Å²) in [7, 11) is 0. The smallest absolute Gasteiger partial charge is 0.230 e. The van der Waals surface area contributed by atoms with E-state index < -0.39 is 5.41 Å². The first-order valence-electron chi connectivity index (χ1n) is 12.7. The van der Waals surface area contributed by atoms with Crippen LogP contribution in [0.25, 0.3) is 11.0 Å². The zero-order chi connectivity index (χ0) is 25.1. The van der Waals surface area contributed by atoms with Gasteiger partial charge in [-0.25, -0.2) is 14.6 Å². The van der Waals surface area contributed by atoms with Crippen molar-refractivity contribution < 1.29 is 9.53 Å². The number of halogens is 1. The fourth-order valence-corrected chi connectivity index (χ4v) is 6.03. The molecule has 2 aliphatic rings. The number of morpholine rings is 1. The molecule has 36 heavy (non-hydrogen) atoms. The van der Waals surface area contributed by atoms with Crippen LogP contribution >= 0.6 is 23.4 Å². The average molecular weight is 529 g/mol. The quantitative estimate of drug-likeness (QED) is 0.341. The predicted octanol–water partition coefficient (Wildman–Crippen LogP) is 4.45. The number of ether oxygens (including phenoxy) is 1. The molecule has 1 aliphatic heterocycles. The second-order valence-electron chi connectivity index (χ2n) is 9.75. The number of thioether (sulfide) groups is 1. The molecule has 1 aliphatic carbocycles. The van der Waals surface area contributed by atoms with Crippen LogP contribution in [0, 0.1) is 0 Å². The highest BCUT2D eigenvalue weighted by Crippen LogP contribution is 2.41. The first kappa shape index (κ1) is 25.3. The maximum absolute atomic E-state index is 13.5. The molecule has 1 saturated heterocycles. The van der Waals surface area contributed by atoms with Gasteiger partial charge in [0.1, 0.15) is 5.82 Å². The van der Waals surface area contributed by atoms with Gasteiger partial charge in [0.05, 0.1) is 36.8 Å². The number of aromatic nitrogens is 4. The summed E-state index contributed by atoms with van der Waals surface area (Å²) < 4.78 is 7.42. The molecule has 0 bridgehead atoms. The van der Waals surface area contributed by atoms with Crippen LogP contribution in [-0.4, -0.2) is 63.8 Å². The summed E-state index contributed by atoms with van der Waals surface area (Å²) >= 11 is 7.75. The number of fused-ring (bicyclic) bond motifs is 1. The van der Waals surface area contributed by atoms with Gasteiger partial charge >= 0.3 is 0 Å². The fraction of sp³-hybridized carbons (Fsp3) is 0.538. The molecule has 1 aromatic carbocycles. The molecule has 1 saturated carbocycles. The van der Waals surface area contributed by atoms with Crippen LogP contribution in [0.3, 0.4) is 0 Å². The number of amides is 1. The maximum Gasteiger partial charge on any atom is 0.230 e. The second-order valence-corrected chi connectivity index (χ2v) is 11.7. The standard InChI is InChI=1S/C26H33ClN6O2S/c1-18(2)36-25-30-22(32-13-15-35-16-14-32)21-17-29-33(23(21)31-25)12-11-28-24(34)26(9-3-4-10-26)19-5-7-20(27)8-6-19/h5-8,17-18H,3-4,9-16H2,1-2H3,(H,28,34). The van der Waals surface area contributed by atoms with E-state index in [9.17, 15) is 4.79 Å². The van der Waals surface area contributed by atoms with Gasteiger partial charge in [-0.1, -0.05) is 62.2 Å². The highest BCUT2D eigenvalue weighted by atomic mass is 35.5. The van der Waals surface area contributed by atoms with Crippen molar-refractivity contribution >= 4 is 46.1 Å². The first-order chi connectivity index (χ1) is 17.5. The Hall–Kier alpha value is -2.36. The van der Waals surface area contributed by atoms with Crippen molar-refractivity contribution in [2.24, 2.45) is 0 Å². The van der Waals surface area contributed by atoms with E-state index in [-0.39, 0.29) is 5.91 Å². The van der Waals surface area contributed by atoms with Gasteiger partial charge in [0.25, 0.3) is 0 Å². The minimum atomic E-state index is -0.483. The maximum atomic E-state index is 13.5. The van der Waals surface area contributed by atoms with E-state index in [4.69, 9.17) is 26.3 Å². The summed E-state index contributed by atoms with van der Waals surface area (Å²) in [6.07, 6.45) is 5.67. The Bertz CT molecular complexity index is 1200. The van der Waals surface area contributed by atoms with E-state index in [0.29, 0.717) is 36.6 Å². The van der Waals surface area contributed by atoms with E-state index in [1.807, 2.05) is 35.1 Å². The normalized spacial score (nSPS) is 17.7. The minimum Gasteiger partial charge on any atom is -0.378 e. The van der Waals surface area contributed by atoms with Crippen molar-refractivity contribution in [3.63, 3.8) is 0 Å². The number of nitrogens with zero attached hydrogens (tertiary/aromatic N) is 5. The van der Waals surface area contributed by atoms with Crippen LogP contribution in [0.2, 0.25) is 5.02 Å². The summed E-state index contributed by atoms with van der Waals surface area (Å²) in [4.78, 5) is 25.4. The molecule has 2 aromatic heterocycles. The molecule has 2 fully saturated rings. The Morgan fingerprint density at radius 3 is 2.58 bits per heavy atom. The molecule has 192 valence electrons. The molecule has 5 rings (SSSR count). The zero-order valence-corrected chi connectivity index (χ0v) is 22.4. The largest absolute Gasteiger partial charge is 0.378 e. The third-order valence-electron chi connectivity index (χ3n) is 7.01. The number of rotatable bonds is 8. The first-order valence-corrected chi connectivity index (χ1v) is 14.0. The Labute approximate surface area is 221 Å². The molecule has 0 radical (unpaired) electrons. The lowest BCUT2D eigenvalue weighted by atomic mass is 9.78. The summed E-state index contributed by atoms with van der Waals surface area (Å²) in [6, 6.07) is 7.73. The third-order valence-corrected chi connectivity index (χ3v) is 8.12. The average Bonchev–Trinajstić information content (AvgIpc) is 3.53. The summed E-state index contributed by atoms with van der Waals surface area (Å²) in [5.74, 6) is 0.993. The van der Waals surface area contributed by atoms with Crippen LogP contribution in [0.5, 0.6) is 0 Å². The summed E-state index contributed by atoms with van der Waals surface area (Å²) in [5, 5.41) is 10.6. The number of nitrogens with one attached hydrogen (secondary N) is 1. The topological polar surface area (TPSA) is 85.2 Å². The van der Waals surface area contributed by atoms with Gasteiger partial charge in [-0.15, -0.1) is 0 Å². The van der Waals surface area contributed by atoms with Crippen LogP contribution in [0.1, 0.15) is 45.1 Å². The van der Waals surface area contributed by atoms with Crippen molar-refractivity contribution in [2.45, 2.75) is 61.9 Å². The Kier molecular flexibility index (Phi) is 7.69. The number of carbonyl (C=O) groups excluding carboxylic acids is 1. The highest BCUT2D eigenvalue weighted by molar-refractivity contribution is 7.99. The molecule has 3 aromatic rings. The van der Waals surface area contributed by atoms with Crippen molar-refractivity contribution in [1.29, 1.82) is 0 Å². The number of hydrogen-bond donors (Lipinski definition) is 1. The van der Waals surface area contributed by atoms with Gasteiger partial charge in [-0.2, -0.15) is 5.10 Å². The van der Waals surface area contributed by atoms with Gasteiger partial charge < -0.3 is 15.0 Å². The zero-order valence-electron chi connectivity index (χ0n) is 20.9. The molecule has 0 spiro atoms. The van der Waals surface area contributed by atoms with Gasteiger partial charge in [0.2, 0.25) is 5.91 Å². The Morgan fingerprint density at radius 1 is 1.17 bits per heavy atom. The van der Waals surface area contributed by atoms with E-state index >= 15 is 0 Å². The predicted molar refractivity (Wildman–Crippen MR) is 144 cm³/mol. The van der Waals surface area contributed by atoms with Crippen LogP contribution < -0.4 is 10.2 Å². The molecule has 8 nitrogen and oxygen atoms in total. The molecular weight excluding hydrogens is 496 g/mol.